The van der Waals surface area contributed by atoms with E-state index >= 15 is 0 Å². The Kier molecular flexibility index (Phi) is 5.64. The van der Waals surface area contributed by atoms with Gasteiger partial charge in [0.25, 0.3) is 0 Å². The molecule has 2 heteroatoms. The summed E-state index contributed by atoms with van der Waals surface area (Å²) in [6.45, 7) is 5.56. The van der Waals surface area contributed by atoms with Crippen molar-refractivity contribution in [2.24, 2.45) is 5.41 Å². The van der Waals surface area contributed by atoms with Gasteiger partial charge < -0.3 is 10.0 Å². The van der Waals surface area contributed by atoms with Crippen molar-refractivity contribution in [1.29, 1.82) is 0 Å². The van der Waals surface area contributed by atoms with Crippen molar-refractivity contribution in [3.63, 3.8) is 0 Å². The maximum Gasteiger partial charge on any atom is 0.156 e. The van der Waals surface area contributed by atoms with E-state index in [0.29, 0.717) is 0 Å². The van der Waals surface area contributed by atoms with E-state index in [9.17, 15) is 5.11 Å². The number of hydrogen-bond donors (Lipinski definition) is 2. The quantitative estimate of drug-likeness (QED) is 0.817. The first kappa shape index (κ1) is 17.5. The fourth-order valence-electron chi connectivity index (χ4n) is 4.74. The smallest absolute Gasteiger partial charge is 0.156 e. The maximum atomic E-state index is 11.8. The van der Waals surface area contributed by atoms with E-state index in [0.717, 1.165) is 31.4 Å². The maximum absolute atomic E-state index is 11.8. The molecule has 0 spiro atoms. The molecule has 0 aromatic heterocycles. The fraction of sp³-hybridized carbons (Fsp3) is 0.636. The Labute approximate surface area is 147 Å². The third-order valence-corrected chi connectivity index (χ3v) is 6.36. The number of hydrogen-bond acceptors (Lipinski definition) is 1. The second-order valence-electron chi connectivity index (χ2n) is 7.71. The molecule has 0 unspecified atom stereocenters. The number of aliphatic hydroxyl groups is 1. The summed E-state index contributed by atoms with van der Waals surface area (Å²) in [5.41, 5.74) is -0.109. The standard InChI is InChI=1S/C22H31NO/c1-2-21(14-7-8-15-21)22(24,20-12-5-3-6-13-20)16-11-19-23-17-9-4-10-18-23/h3,5-6,12-13,24H,2,4,7-10,14-15,17-19H2,1H3/p+1/t22-/m1/s1. The van der Waals surface area contributed by atoms with E-state index in [1.54, 1.807) is 4.90 Å². The molecular weight excluding hydrogens is 294 g/mol. The van der Waals surface area contributed by atoms with Crippen molar-refractivity contribution in [2.75, 3.05) is 19.6 Å². The van der Waals surface area contributed by atoms with E-state index in [4.69, 9.17) is 0 Å². The molecule has 1 atom stereocenters. The zero-order valence-corrected chi connectivity index (χ0v) is 15.1. The number of benzene rings is 1. The molecule has 1 saturated carbocycles. The van der Waals surface area contributed by atoms with Gasteiger partial charge in [-0.1, -0.05) is 56.0 Å². The van der Waals surface area contributed by atoms with Crippen LogP contribution in [0.4, 0.5) is 0 Å². The molecule has 2 nitrogen and oxygen atoms in total. The Morgan fingerprint density at radius 3 is 2.33 bits per heavy atom. The summed E-state index contributed by atoms with van der Waals surface area (Å²) in [6, 6.07) is 10.2. The van der Waals surface area contributed by atoms with Crippen molar-refractivity contribution in [1.82, 2.24) is 0 Å². The predicted molar refractivity (Wildman–Crippen MR) is 98.7 cm³/mol. The first-order valence-electron chi connectivity index (χ1n) is 9.82. The van der Waals surface area contributed by atoms with Gasteiger partial charge in [0.2, 0.25) is 0 Å². The largest absolute Gasteiger partial charge is 0.373 e. The predicted octanol–water partition coefficient (Wildman–Crippen LogP) is 2.92. The number of rotatable bonds is 4. The van der Waals surface area contributed by atoms with Gasteiger partial charge in [-0.3, -0.25) is 0 Å². The minimum absolute atomic E-state index is 0.0847. The second kappa shape index (κ2) is 7.72. The zero-order chi connectivity index (χ0) is 16.9. The molecule has 0 amide bonds. The molecule has 2 N–H and O–H groups in total. The second-order valence-corrected chi connectivity index (χ2v) is 7.71. The van der Waals surface area contributed by atoms with Crippen LogP contribution < -0.4 is 4.90 Å². The van der Waals surface area contributed by atoms with Crippen molar-refractivity contribution in [3.8, 4) is 11.8 Å². The molecular formula is C22H32NO+. The van der Waals surface area contributed by atoms with Gasteiger partial charge in [0, 0.05) is 5.41 Å². The van der Waals surface area contributed by atoms with E-state index < -0.39 is 5.60 Å². The monoisotopic (exact) mass is 326 g/mol. The van der Waals surface area contributed by atoms with Gasteiger partial charge in [0.1, 0.15) is 6.54 Å². The molecule has 1 saturated heterocycles. The highest BCUT2D eigenvalue weighted by Gasteiger charge is 2.50. The van der Waals surface area contributed by atoms with Crippen LogP contribution in [0.1, 0.15) is 63.9 Å². The summed E-state index contributed by atoms with van der Waals surface area (Å²) in [6.07, 6.45) is 9.58. The molecule has 24 heavy (non-hydrogen) atoms. The van der Waals surface area contributed by atoms with Gasteiger partial charge >= 0.3 is 0 Å². The van der Waals surface area contributed by atoms with Crippen molar-refractivity contribution in [2.45, 2.75) is 63.9 Å². The lowest BCUT2D eigenvalue weighted by Gasteiger charge is -2.42. The van der Waals surface area contributed by atoms with Crippen LogP contribution in [0.25, 0.3) is 0 Å². The highest BCUT2D eigenvalue weighted by atomic mass is 16.3. The van der Waals surface area contributed by atoms with Gasteiger partial charge in [-0.15, -0.1) is 0 Å². The molecule has 3 rings (SSSR count). The fourth-order valence-corrected chi connectivity index (χ4v) is 4.74. The molecule has 1 aliphatic heterocycles. The molecule has 1 aromatic carbocycles. The average molecular weight is 327 g/mol. The number of quaternary nitrogens is 1. The molecule has 130 valence electrons. The molecule has 2 aliphatic rings. The van der Waals surface area contributed by atoms with Crippen LogP contribution in [0.3, 0.4) is 0 Å². The van der Waals surface area contributed by atoms with Crippen molar-refractivity contribution >= 4 is 0 Å². The topological polar surface area (TPSA) is 24.7 Å². The third-order valence-electron chi connectivity index (χ3n) is 6.36. The normalized spacial score (nSPS) is 23.2. The Bertz CT molecular complexity index is 573. The van der Waals surface area contributed by atoms with Crippen LogP contribution in [0.2, 0.25) is 0 Å². The van der Waals surface area contributed by atoms with Crippen LogP contribution in [-0.4, -0.2) is 24.7 Å². The number of likely N-dealkylation sites (tertiary alicyclic amines) is 1. The SMILES string of the molecule is CCC1([C@@](O)(C#CC[NH+]2CCCCC2)c2ccccc2)CCCC1. The van der Waals surface area contributed by atoms with Crippen molar-refractivity contribution in [3.05, 3.63) is 35.9 Å². The zero-order valence-electron chi connectivity index (χ0n) is 15.1. The van der Waals surface area contributed by atoms with Gasteiger partial charge in [0.05, 0.1) is 13.1 Å². The summed E-state index contributed by atoms with van der Waals surface area (Å²) < 4.78 is 0. The Morgan fingerprint density at radius 2 is 1.71 bits per heavy atom. The van der Waals surface area contributed by atoms with Gasteiger partial charge in [-0.05, 0) is 50.0 Å². The Morgan fingerprint density at radius 1 is 1.04 bits per heavy atom. The van der Waals surface area contributed by atoms with E-state index in [-0.39, 0.29) is 5.41 Å². The van der Waals surface area contributed by atoms with E-state index in [2.05, 4.69) is 30.9 Å². The summed E-state index contributed by atoms with van der Waals surface area (Å²) in [7, 11) is 0. The summed E-state index contributed by atoms with van der Waals surface area (Å²) >= 11 is 0. The number of nitrogens with one attached hydrogen (secondary N) is 1. The summed E-state index contributed by atoms with van der Waals surface area (Å²) in [5, 5.41) is 11.8. The Hall–Kier alpha value is -1.30. The van der Waals surface area contributed by atoms with Crippen LogP contribution in [0.5, 0.6) is 0 Å². The van der Waals surface area contributed by atoms with Crippen LogP contribution in [-0.2, 0) is 5.60 Å². The first-order valence-corrected chi connectivity index (χ1v) is 9.82. The molecule has 1 aromatic rings. The van der Waals surface area contributed by atoms with Crippen LogP contribution in [0.15, 0.2) is 30.3 Å². The minimum Gasteiger partial charge on any atom is -0.373 e. The highest BCUT2D eigenvalue weighted by molar-refractivity contribution is 5.36. The van der Waals surface area contributed by atoms with Gasteiger partial charge in [-0.2, -0.15) is 0 Å². The molecule has 0 radical (unpaired) electrons. The first-order chi connectivity index (χ1) is 11.7. The summed E-state index contributed by atoms with van der Waals surface area (Å²) in [5.74, 6) is 6.77. The lowest BCUT2D eigenvalue weighted by molar-refractivity contribution is -0.897. The third kappa shape index (κ3) is 3.39. The lowest BCUT2D eigenvalue weighted by Crippen LogP contribution is -3.12. The molecule has 1 heterocycles. The molecule has 1 aliphatic carbocycles. The molecule has 2 fully saturated rings. The number of piperidine rings is 1. The van der Waals surface area contributed by atoms with Crippen LogP contribution in [0, 0.1) is 17.3 Å². The molecule has 0 bridgehead atoms. The van der Waals surface area contributed by atoms with Gasteiger partial charge in [0.15, 0.2) is 5.60 Å². The van der Waals surface area contributed by atoms with E-state index in [1.165, 1.54) is 45.2 Å². The average Bonchev–Trinajstić information content (AvgIpc) is 3.14. The van der Waals surface area contributed by atoms with Crippen LogP contribution >= 0.6 is 0 Å². The highest BCUT2D eigenvalue weighted by Crippen LogP contribution is 2.53. The minimum atomic E-state index is -1.01. The van der Waals surface area contributed by atoms with E-state index in [1.807, 2.05) is 18.2 Å². The Balaban J connectivity index is 1.88. The summed E-state index contributed by atoms with van der Waals surface area (Å²) in [4.78, 5) is 1.58. The van der Waals surface area contributed by atoms with Gasteiger partial charge in [-0.25, -0.2) is 0 Å². The van der Waals surface area contributed by atoms with Crippen molar-refractivity contribution < 1.29 is 10.0 Å². The lowest BCUT2D eigenvalue weighted by atomic mass is 9.65.